The molecule has 3 N–H and O–H groups in total. The van der Waals surface area contributed by atoms with Gasteiger partial charge in [-0.3, -0.25) is 4.79 Å². The van der Waals surface area contributed by atoms with Gasteiger partial charge in [-0.15, -0.1) is 0 Å². The van der Waals surface area contributed by atoms with Gasteiger partial charge in [0.2, 0.25) is 10.0 Å². The van der Waals surface area contributed by atoms with Crippen LogP contribution < -0.4 is 14.8 Å². The van der Waals surface area contributed by atoms with Gasteiger partial charge in [0, 0.05) is 12.2 Å². The monoisotopic (exact) mass is 436 g/mol. The van der Waals surface area contributed by atoms with E-state index in [1.807, 2.05) is 0 Å². The van der Waals surface area contributed by atoms with Gasteiger partial charge in [0.25, 0.3) is 5.91 Å². The van der Waals surface area contributed by atoms with E-state index in [0.29, 0.717) is 0 Å². The number of nitrogens with one attached hydrogen (secondary N) is 2. The molecule has 0 aliphatic carbocycles. The molecule has 158 valence electrons. The van der Waals surface area contributed by atoms with Crippen LogP contribution in [0, 0.1) is 5.82 Å². The van der Waals surface area contributed by atoms with Gasteiger partial charge < -0.3 is 15.2 Å². The summed E-state index contributed by atoms with van der Waals surface area (Å²) in [5, 5.41) is 11.4. The van der Waals surface area contributed by atoms with E-state index in [2.05, 4.69) is 5.32 Å². The van der Waals surface area contributed by atoms with Crippen LogP contribution in [0.1, 0.15) is 10.4 Å². The number of amides is 1. The highest BCUT2D eigenvalue weighted by Gasteiger charge is 2.38. The molecule has 0 heterocycles. The van der Waals surface area contributed by atoms with Crippen LogP contribution in [-0.2, 0) is 10.0 Å². The Morgan fingerprint density at radius 2 is 1.79 bits per heavy atom. The number of benzene rings is 2. The van der Waals surface area contributed by atoms with Gasteiger partial charge in [-0.25, -0.2) is 17.5 Å². The molecule has 12 heteroatoms. The van der Waals surface area contributed by atoms with Crippen molar-refractivity contribution in [2.75, 3.05) is 19.0 Å². The van der Waals surface area contributed by atoms with E-state index in [1.165, 1.54) is 19.2 Å². The Labute approximate surface area is 163 Å². The molecule has 7 nitrogen and oxygen atoms in total. The van der Waals surface area contributed by atoms with Crippen LogP contribution in [0.4, 0.5) is 23.2 Å². The van der Waals surface area contributed by atoms with Gasteiger partial charge in [-0.1, -0.05) is 0 Å². The summed E-state index contributed by atoms with van der Waals surface area (Å²) in [6.45, 7) is -1.30. The minimum absolute atomic E-state index is 0.00103. The van der Waals surface area contributed by atoms with Crippen molar-refractivity contribution < 1.29 is 40.6 Å². The third-order valence-corrected chi connectivity index (χ3v) is 5.09. The van der Waals surface area contributed by atoms with Crippen LogP contribution in [0.3, 0.4) is 0 Å². The lowest BCUT2D eigenvalue weighted by Crippen LogP contribution is -2.40. The molecule has 0 aromatic heterocycles. The van der Waals surface area contributed by atoms with Gasteiger partial charge >= 0.3 is 6.18 Å². The molecule has 0 aliphatic heterocycles. The summed E-state index contributed by atoms with van der Waals surface area (Å²) in [6.07, 6.45) is -7.89. The van der Waals surface area contributed by atoms with Crippen molar-refractivity contribution in [3.05, 3.63) is 53.8 Å². The van der Waals surface area contributed by atoms with E-state index >= 15 is 0 Å². The second-order valence-electron chi connectivity index (χ2n) is 5.73. The maximum Gasteiger partial charge on any atom is 0.415 e. The Hall–Kier alpha value is -2.70. The zero-order chi connectivity index (χ0) is 21.8. The number of carbonyl (C=O) groups excluding carboxylic acids is 1. The van der Waals surface area contributed by atoms with Crippen LogP contribution in [0.2, 0.25) is 0 Å². The lowest BCUT2D eigenvalue weighted by molar-refractivity contribution is -0.200. The molecule has 2 rings (SSSR count). The minimum Gasteiger partial charge on any atom is -0.496 e. The SMILES string of the molecule is COc1ccc(S(=O)(=O)NCC(O)C(F)(F)F)cc1C(=O)Nc1ccc(F)cc1. The number of aliphatic hydroxyl groups excluding tert-OH is 1. The number of sulfonamides is 1. The fourth-order valence-corrected chi connectivity index (χ4v) is 3.22. The average Bonchev–Trinajstić information content (AvgIpc) is 2.66. The van der Waals surface area contributed by atoms with E-state index < -0.39 is 45.5 Å². The molecule has 0 spiro atoms. The van der Waals surface area contributed by atoms with Crippen molar-refractivity contribution in [1.29, 1.82) is 0 Å². The molecule has 0 saturated carbocycles. The predicted molar refractivity (Wildman–Crippen MR) is 94.6 cm³/mol. The lowest BCUT2D eigenvalue weighted by Gasteiger charge is -2.16. The van der Waals surface area contributed by atoms with Crippen molar-refractivity contribution in [1.82, 2.24) is 4.72 Å². The summed E-state index contributed by atoms with van der Waals surface area (Å²) < 4.78 is 81.1. The summed E-state index contributed by atoms with van der Waals surface area (Å²) >= 11 is 0. The zero-order valence-corrected chi connectivity index (χ0v) is 15.6. The van der Waals surface area contributed by atoms with Crippen molar-refractivity contribution in [2.45, 2.75) is 17.2 Å². The molecular formula is C17H16F4N2O5S. The van der Waals surface area contributed by atoms with Crippen LogP contribution in [-0.4, -0.2) is 45.4 Å². The van der Waals surface area contributed by atoms with E-state index in [0.717, 1.165) is 30.3 Å². The quantitative estimate of drug-likeness (QED) is 0.578. The second-order valence-corrected chi connectivity index (χ2v) is 7.50. The van der Waals surface area contributed by atoms with Crippen LogP contribution in [0.15, 0.2) is 47.4 Å². The molecule has 0 bridgehead atoms. The van der Waals surface area contributed by atoms with Crippen molar-refractivity contribution in [3.63, 3.8) is 0 Å². The summed E-state index contributed by atoms with van der Waals surface area (Å²) in [5.74, 6) is -1.32. The molecular weight excluding hydrogens is 420 g/mol. The number of anilines is 1. The van der Waals surface area contributed by atoms with Gasteiger partial charge in [0.05, 0.1) is 17.6 Å². The first-order valence-corrected chi connectivity index (χ1v) is 9.42. The van der Waals surface area contributed by atoms with E-state index in [9.17, 15) is 30.8 Å². The number of ether oxygens (including phenoxy) is 1. The largest absolute Gasteiger partial charge is 0.496 e. The number of rotatable bonds is 7. The summed E-state index contributed by atoms with van der Waals surface area (Å²) in [4.78, 5) is 11.9. The van der Waals surface area contributed by atoms with Gasteiger partial charge in [0.15, 0.2) is 6.10 Å². The third-order valence-electron chi connectivity index (χ3n) is 3.67. The highest BCUT2D eigenvalue weighted by molar-refractivity contribution is 7.89. The van der Waals surface area contributed by atoms with E-state index in [4.69, 9.17) is 9.84 Å². The summed E-state index contributed by atoms with van der Waals surface area (Å²) in [5.41, 5.74) is -0.00536. The van der Waals surface area contributed by atoms with Crippen LogP contribution in [0.25, 0.3) is 0 Å². The Balaban J connectivity index is 2.27. The second kappa shape index (κ2) is 8.76. The maximum atomic E-state index is 13.0. The normalized spacial score (nSPS) is 13.0. The maximum absolute atomic E-state index is 13.0. The van der Waals surface area contributed by atoms with Crippen molar-refractivity contribution >= 4 is 21.6 Å². The first-order valence-electron chi connectivity index (χ1n) is 7.93. The Kier molecular flexibility index (Phi) is 6.82. The number of methoxy groups -OCH3 is 1. The lowest BCUT2D eigenvalue weighted by atomic mass is 10.2. The fourth-order valence-electron chi connectivity index (χ4n) is 2.15. The summed E-state index contributed by atoms with van der Waals surface area (Å²) in [6, 6.07) is 7.83. The minimum atomic E-state index is -5.00. The average molecular weight is 436 g/mol. The molecule has 1 unspecified atom stereocenters. The molecule has 0 radical (unpaired) electrons. The molecule has 1 atom stereocenters. The first-order chi connectivity index (χ1) is 13.4. The summed E-state index contributed by atoms with van der Waals surface area (Å²) in [7, 11) is -3.24. The fraction of sp³-hybridized carbons (Fsp3) is 0.235. The van der Waals surface area contributed by atoms with Crippen LogP contribution in [0.5, 0.6) is 5.75 Å². The predicted octanol–water partition coefficient (Wildman–Crippen LogP) is 2.29. The highest BCUT2D eigenvalue weighted by Crippen LogP contribution is 2.24. The molecule has 2 aromatic carbocycles. The van der Waals surface area contributed by atoms with Crippen molar-refractivity contribution in [3.8, 4) is 5.75 Å². The molecule has 29 heavy (non-hydrogen) atoms. The Bertz CT molecular complexity index is 978. The molecule has 0 fully saturated rings. The van der Waals surface area contributed by atoms with Crippen molar-refractivity contribution in [2.24, 2.45) is 0 Å². The van der Waals surface area contributed by atoms with Gasteiger partial charge in [0.1, 0.15) is 11.6 Å². The van der Waals surface area contributed by atoms with Crippen LogP contribution >= 0.6 is 0 Å². The number of hydrogen-bond donors (Lipinski definition) is 3. The van der Waals surface area contributed by atoms with E-state index in [1.54, 1.807) is 4.72 Å². The standard InChI is InChI=1S/C17H16F4N2O5S/c1-28-14-7-6-12(29(26,27)22-9-15(24)17(19,20)21)8-13(14)16(25)23-11-4-2-10(18)3-5-11/h2-8,15,22,24H,9H2,1H3,(H,23,25). The molecule has 2 aromatic rings. The number of carbonyl (C=O) groups is 1. The number of aliphatic hydroxyl groups is 1. The topological polar surface area (TPSA) is 105 Å². The first kappa shape index (κ1) is 22.6. The molecule has 0 saturated heterocycles. The third kappa shape index (κ3) is 5.89. The smallest absolute Gasteiger partial charge is 0.415 e. The number of halogens is 4. The highest BCUT2D eigenvalue weighted by atomic mass is 32.2. The number of hydrogen-bond acceptors (Lipinski definition) is 5. The Morgan fingerprint density at radius 1 is 1.17 bits per heavy atom. The Morgan fingerprint density at radius 3 is 2.34 bits per heavy atom. The molecule has 1 amide bonds. The zero-order valence-electron chi connectivity index (χ0n) is 14.8. The number of alkyl halides is 3. The van der Waals surface area contributed by atoms with Gasteiger partial charge in [-0.2, -0.15) is 13.2 Å². The van der Waals surface area contributed by atoms with Gasteiger partial charge in [-0.05, 0) is 42.5 Å². The molecule has 0 aliphatic rings. The van der Waals surface area contributed by atoms with E-state index in [-0.39, 0.29) is 17.0 Å².